The van der Waals surface area contributed by atoms with Crippen molar-refractivity contribution in [2.75, 3.05) is 19.7 Å². The number of likely N-dealkylation sites (tertiary alicyclic amines) is 1. The first kappa shape index (κ1) is 15.1. The molecular weight excluding hydrogens is 300 g/mol. The van der Waals surface area contributed by atoms with Crippen LogP contribution in [-0.4, -0.2) is 40.6 Å². The molecule has 0 saturated carbocycles. The smallest absolute Gasteiger partial charge is 0.256 e. The SMILES string of the molecule is O=C(c1cc2ccccc2c2cccnc12)N1CCC(CO)CC1. The Labute approximate surface area is 140 Å². The number of fused-ring (bicyclic) bond motifs is 3. The molecule has 1 aromatic heterocycles. The van der Waals surface area contributed by atoms with Crippen LogP contribution in [0, 0.1) is 5.92 Å². The zero-order valence-electron chi connectivity index (χ0n) is 13.5. The number of benzene rings is 2. The predicted octanol–water partition coefficient (Wildman–Crippen LogP) is 3.23. The molecule has 122 valence electrons. The predicted molar refractivity (Wildman–Crippen MR) is 95.0 cm³/mol. The van der Waals surface area contributed by atoms with Crippen molar-refractivity contribution in [1.82, 2.24) is 9.88 Å². The van der Waals surface area contributed by atoms with Crippen LogP contribution < -0.4 is 0 Å². The summed E-state index contributed by atoms with van der Waals surface area (Å²) in [7, 11) is 0. The maximum absolute atomic E-state index is 13.1. The normalized spacial score (nSPS) is 16.0. The van der Waals surface area contributed by atoms with Crippen LogP contribution in [0.4, 0.5) is 0 Å². The van der Waals surface area contributed by atoms with Gasteiger partial charge in [0.25, 0.3) is 5.91 Å². The van der Waals surface area contributed by atoms with Gasteiger partial charge in [-0.05, 0) is 41.7 Å². The standard InChI is InChI=1S/C20H20N2O2/c23-13-14-7-10-22(11-8-14)20(24)18-12-15-4-1-2-5-16(15)17-6-3-9-21-19(17)18/h1-6,9,12,14,23H,7-8,10-11,13H2. The van der Waals surface area contributed by atoms with E-state index in [1.54, 1.807) is 6.20 Å². The molecule has 4 heteroatoms. The molecule has 0 atom stereocenters. The van der Waals surface area contributed by atoms with Gasteiger partial charge in [-0.15, -0.1) is 0 Å². The lowest BCUT2D eigenvalue weighted by Gasteiger charge is -2.31. The lowest BCUT2D eigenvalue weighted by atomic mass is 9.96. The van der Waals surface area contributed by atoms with E-state index in [1.807, 2.05) is 41.3 Å². The van der Waals surface area contributed by atoms with Gasteiger partial charge in [-0.1, -0.05) is 30.3 Å². The van der Waals surface area contributed by atoms with Gasteiger partial charge in [0.1, 0.15) is 0 Å². The van der Waals surface area contributed by atoms with Crippen LogP contribution in [0.1, 0.15) is 23.2 Å². The summed E-state index contributed by atoms with van der Waals surface area (Å²) in [5.74, 6) is 0.362. The van der Waals surface area contributed by atoms with Gasteiger partial charge >= 0.3 is 0 Å². The van der Waals surface area contributed by atoms with E-state index >= 15 is 0 Å². The molecule has 0 radical (unpaired) electrons. The Morgan fingerprint density at radius 3 is 2.67 bits per heavy atom. The lowest BCUT2D eigenvalue weighted by molar-refractivity contribution is 0.0653. The van der Waals surface area contributed by atoms with Crippen LogP contribution in [0.5, 0.6) is 0 Å². The lowest BCUT2D eigenvalue weighted by Crippen LogP contribution is -2.39. The summed E-state index contributed by atoms with van der Waals surface area (Å²) in [4.78, 5) is 19.5. The molecule has 2 heterocycles. The molecule has 1 N–H and O–H groups in total. The molecule has 0 bridgehead atoms. The number of aromatic nitrogens is 1. The molecule has 3 aromatic rings. The second kappa shape index (κ2) is 6.21. The first-order valence-corrected chi connectivity index (χ1v) is 8.44. The summed E-state index contributed by atoms with van der Waals surface area (Å²) in [5.41, 5.74) is 1.44. The number of carbonyl (C=O) groups is 1. The quantitative estimate of drug-likeness (QED) is 0.738. The highest BCUT2D eigenvalue weighted by atomic mass is 16.3. The monoisotopic (exact) mass is 320 g/mol. The molecule has 1 saturated heterocycles. The molecule has 4 nitrogen and oxygen atoms in total. The number of pyridine rings is 1. The fourth-order valence-electron chi connectivity index (χ4n) is 3.58. The van der Waals surface area contributed by atoms with E-state index in [0.29, 0.717) is 24.6 Å². The number of nitrogens with zero attached hydrogens (tertiary/aromatic N) is 2. The molecule has 0 spiro atoms. The highest BCUT2D eigenvalue weighted by Crippen LogP contribution is 2.29. The minimum absolute atomic E-state index is 0.0424. The summed E-state index contributed by atoms with van der Waals surface area (Å²) in [6.45, 7) is 1.61. The van der Waals surface area contributed by atoms with Crippen molar-refractivity contribution in [3.63, 3.8) is 0 Å². The third kappa shape index (κ3) is 2.53. The molecule has 0 unspecified atom stereocenters. The fraction of sp³-hybridized carbons (Fsp3) is 0.300. The Balaban J connectivity index is 1.79. The Morgan fingerprint density at radius 1 is 1.12 bits per heavy atom. The van der Waals surface area contributed by atoms with E-state index in [1.165, 1.54) is 0 Å². The van der Waals surface area contributed by atoms with Gasteiger partial charge < -0.3 is 10.0 Å². The fourth-order valence-corrected chi connectivity index (χ4v) is 3.58. The van der Waals surface area contributed by atoms with Gasteiger partial charge in [0.2, 0.25) is 0 Å². The summed E-state index contributed by atoms with van der Waals surface area (Å²) in [5, 5.41) is 12.5. The number of aliphatic hydroxyl groups excluding tert-OH is 1. The van der Waals surface area contributed by atoms with Crippen LogP contribution in [0.15, 0.2) is 48.7 Å². The van der Waals surface area contributed by atoms with E-state index < -0.39 is 0 Å². The van der Waals surface area contributed by atoms with Crippen molar-refractivity contribution >= 4 is 27.6 Å². The molecule has 1 aliphatic heterocycles. The van der Waals surface area contributed by atoms with E-state index in [4.69, 9.17) is 0 Å². The summed E-state index contributed by atoms with van der Waals surface area (Å²) >= 11 is 0. The van der Waals surface area contributed by atoms with Gasteiger partial charge in [0.15, 0.2) is 0 Å². The maximum atomic E-state index is 13.1. The van der Waals surface area contributed by atoms with Gasteiger partial charge in [0.05, 0.1) is 11.1 Å². The van der Waals surface area contributed by atoms with Gasteiger partial charge in [-0.25, -0.2) is 0 Å². The number of piperidine rings is 1. The van der Waals surface area contributed by atoms with E-state index in [-0.39, 0.29) is 12.5 Å². The number of hydrogen-bond acceptors (Lipinski definition) is 3. The van der Waals surface area contributed by atoms with Crippen LogP contribution in [-0.2, 0) is 0 Å². The molecular formula is C20H20N2O2. The molecule has 0 aliphatic carbocycles. The Bertz CT molecular complexity index is 898. The first-order valence-electron chi connectivity index (χ1n) is 8.44. The molecule has 4 rings (SSSR count). The van der Waals surface area contributed by atoms with E-state index in [0.717, 1.165) is 34.5 Å². The zero-order chi connectivity index (χ0) is 16.5. The third-order valence-electron chi connectivity index (χ3n) is 5.00. The average Bonchev–Trinajstić information content (AvgIpc) is 2.67. The number of rotatable bonds is 2. The van der Waals surface area contributed by atoms with Crippen LogP contribution >= 0.6 is 0 Å². The molecule has 1 fully saturated rings. The van der Waals surface area contributed by atoms with Crippen molar-refractivity contribution < 1.29 is 9.90 Å². The average molecular weight is 320 g/mol. The van der Waals surface area contributed by atoms with E-state index in [9.17, 15) is 9.90 Å². The van der Waals surface area contributed by atoms with Crippen molar-refractivity contribution in [2.45, 2.75) is 12.8 Å². The largest absolute Gasteiger partial charge is 0.396 e. The van der Waals surface area contributed by atoms with Crippen LogP contribution in [0.3, 0.4) is 0 Å². The molecule has 1 aliphatic rings. The highest BCUT2D eigenvalue weighted by Gasteiger charge is 2.25. The molecule has 2 aromatic carbocycles. The summed E-state index contributed by atoms with van der Waals surface area (Å²) < 4.78 is 0. The second-order valence-electron chi connectivity index (χ2n) is 6.46. The number of aliphatic hydroxyl groups is 1. The first-order chi connectivity index (χ1) is 11.8. The molecule has 24 heavy (non-hydrogen) atoms. The Kier molecular flexibility index (Phi) is 3.90. The van der Waals surface area contributed by atoms with Crippen molar-refractivity contribution in [3.8, 4) is 0 Å². The van der Waals surface area contributed by atoms with Gasteiger partial charge in [-0.2, -0.15) is 0 Å². The third-order valence-corrected chi connectivity index (χ3v) is 5.00. The highest BCUT2D eigenvalue weighted by molar-refractivity contribution is 6.15. The van der Waals surface area contributed by atoms with Crippen LogP contribution in [0.2, 0.25) is 0 Å². The number of hydrogen-bond donors (Lipinski definition) is 1. The topological polar surface area (TPSA) is 53.4 Å². The van der Waals surface area contributed by atoms with Crippen molar-refractivity contribution in [2.24, 2.45) is 5.92 Å². The maximum Gasteiger partial charge on any atom is 0.256 e. The van der Waals surface area contributed by atoms with Gasteiger partial charge in [-0.3, -0.25) is 9.78 Å². The Hall–Kier alpha value is -2.46. The number of amides is 1. The summed E-state index contributed by atoms with van der Waals surface area (Å²) in [6.07, 6.45) is 3.47. The number of carbonyl (C=O) groups excluding carboxylic acids is 1. The molecule has 1 amide bonds. The van der Waals surface area contributed by atoms with E-state index in [2.05, 4.69) is 11.1 Å². The minimum Gasteiger partial charge on any atom is -0.396 e. The second-order valence-corrected chi connectivity index (χ2v) is 6.46. The minimum atomic E-state index is 0.0424. The van der Waals surface area contributed by atoms with Crippen LogP contribution in [0.25, 0.3) is 21.7 Å². The Morgan fingerprint density at radius 2 is 1.88 bits per heavy atom. The van der Waals surface area contributed by atoms with Crippen molar-refractivity contribution in [3.05, 3.63) is 54.2 Å². The zero-order valence-corrected chi connectivity index (χ0v) is 13.5. The van der Waals surface area contributed by atoms with Crippen molar-refractivity contribution in [1.29, 1.82) is 0 Å². The van der Waals surface area contributed by atoms with Gasteiger partial charge in [0, 0.05) is 31.3 Å². The summed E-state index contributed by atoms with van der Waals surface area (Å²) in [6, 6.07) is 14.0.